The summed E-state index contributed by atoms with van der Waals surface area (Å²) >= 11 is 0. The van der Waals surface area contributed by atoms with Crippen molar-refractivity contribution >= 4 is 9.84 Å². The zero-order valence-corrected chi connectivity index (χ0v) is 9.65. The normalized spacial score (nSPS) is 19.9. The van der Waals surface area contributed by atoms with Gasteiger partial charge in [-0.15, -0.1) is 0 Å². The van der Waals surface area contributed by atoms with Crippen LogP contribution in [-0.2, 0) is 16.3 Å². The topological polar surface area (TPSA) is 54.4 Å². The number of rotatable bonds is 1. The van der Waals surface area contributed by atoms with E-state index in [1.807, 2.05) is 0 Å². The van der Waals surface area contributed by atoms with E-state index in [9.17, 15) is 31.1 Å². The maximum atomic E-state index is 13.3. The van der Waals surface area contributed by atoms with Crippen molar-refractivity contribution < 1.29 is 31.1 Å². The Labute approximate surface area is 100.0 Å². The second-order valence-corrected chi connectivity index (χ2v) is 5.85. The molecule has 0 bridgehead atoms. The summed E-state index contributed by atoms with van der Waals surface area (Å²) < 4.78 is 73.3. The van der Waals surface area contributed by atoms with Crippen LogP contribution in [0.5, 0.6) is 0 Å². The minimum atomic E-state index is -5.58. The largest absolute Gasteiger partial charge is 0.501 e. The first-order chi connectivity index (χ1) is 8.16. The van der Waals surface area contributed by atoms with E-state index in [-0.39, 0.29) is 18.4 Å². The van der Waals surface area contributed by atoms with Crippen molar-refractivity contribution in [3.8, 4) is 0 Å². The third-order valence-corrected chi connectivity index (χ3v) is 4.40. The maximum absolute atomic E-state index is 13.3. The summed E-state index contributed by atoms with van der Waals surface area (Å²) in [7, 11) is -5.58. The van der Waals surface area contributed by atoms with Crippen LogP contribution < -0.4 is 0 Å². The highest BCUT2D eigenvalue weighted by Gasteiger charge is 2.49. The van der Waals surface area contributed by atoms with Crippen molar-refractivity contribution in [1.82, 2.24) is 0 Å². The molecule has 0 amide bonds. The van der Waals surface area contributed by atoms with E-state index in [1.54, 1.807) is 0 Å². The summed E-state index contributed by atoms with van der Waals surface area (Å²) in [5.41, 5.74) is -6.10. The van der Waals surface area contributed by atoms with Crippen LogP contribution in [0.15, 0.2) is 17.0 Å². The maximum Gasteiger partial charge on any atom is 0.501 e. The molecule has 0 saturated heterocycles. The Kier molecular flexibility index (Phi) is 2.90. The minimum absolute atomic E-state index is 0.0106. The van der Waals surface area contributed by atoms with Crippen LogP contribution in [0.4, 0.5) is 17.6 Å². The first kappa shape index (κ1) is 13.3. The Bertz CT molecular complexity index is 592. The lowest BCUT2D eigenvalue weighted by atomic mass is 10.1. The zero-order chi connectivity index (χ0) is 13.7. The van der Waals surface area contributed by atoms with Crippen molar-refractivity contribution in [2.75, 3.05) is 0 Å². The third-order valence-electron chi connectivity index (χ3n) is 2.86. The van der Waals surface area contributed by atoms with Crippen molar-refractivity contribution in [2.24, 2.45) is 0 Å². The van der Waals surface area contributed by atoms with E-state index in [0.717, 1.165) is 0 Å². The van der Waals surface area contributed by atoms with Gasteiger partial charge >= 0.3 is 5.51 Å². The van der Waals surface area contributed by atoms with E-state index in [0.29, 0.717) is 12.1 Å². The molecule has 1 aliphatic carbocycles. The van der Waals surface area contributed by atoms with Crippen LogP contribution in [-0.4, -0.2) is 19.0 Å². The average Bonchev–Trinajstić information content (AvgIpc) is 2.60. The molecule has 100 valence electrons. The molecule has 1 aromatic rings. The highest BCUT2D eigenvalue weighted by Crippen LogP contribution is 2.41. The fourth-order valence-corrected chi connectivity index (χ4v) is 3.07. The summed E-state index contributed by atoms with van der Waals surface area (Å²) in [6, 6.07) is 1.22. The highest BCUT2D eigenvalue weighted by molar-refractivity contribution is 7.92. The van der Waals surface area contributed by atoms with Crippen molar-refractivity contribution in [3.05, 3.63) is 29.1 Å². The van der Waals surface area contributed by atoms with Gasteiger partial charge < -0.3 is 5.11 Å². The Morgan fingerprint density at radius 1 is 1.28 bits per heavy atom. The summed E-state index contributed by atoms with van der Waals surface area (Å²) in [4.78, 5) is -1.06. The predicted molar refractivity (Wildman–Crippen MR) is 52.9 cm³/mol. The number of aliphatic hydroxyl groups is 1. The van der Waals surface area contributed by atoms with Gasteiger partial charge in [0.2, 0.25) is 0 Å². The van der Waals surface area contributed by atoms with Gasteiger partial charge in [0.25, 0.3) is 9.84 Å². The van der Waals surface area contributed by atoms with Gasteiger partial charge in [0, 0.05) is 5.56 Å². The van der Waals surface area contributed by atoms with Crippen molar-refractivity contribution in [3.63, 3.8) is 0 Å². The summed E-state index contributed by atoms with van der Waals surface area (Å²) in [6.45, 7) is 0. The molecule has 18 heavy (non-hydrogen) atoms. The van der Waals surface area contributed by atoms with Crippen LogP contribution in [0.25, 0.3) is 0 Å². The van der Waals surface area contributed by atoms with Crippen LogP contribution in [0.1, 0.15) is 23.7 Å². The molecule has 0 spiro atoms. The molecule has 1 N–H and O–H groups in total. The molecule has 1 aliphatic rings. The second-order valence-electron chi connectivity index (χ2n) is 3.94. The van der Waals surface area contributed by atoms with Gasteiger partial charge in [0.05, 0.1) is 11.0 Å². The van der Waals surface area contributed by atoms with Gasteiger partial charge in [-0.1, -0.05) is 0 Å². The van der Waals surface area contributed by atoms with Gasteiger partial charge in [-0.2, -0.15) is 13.2 Å². The Morgan fingerprint density at radius 2 is 1.89 bits per heavy atom. The molecule has 1 atom stereocenters. The second kappa shape index (κ2) is 3.92. The van der Waals surface area contributed by atoms with Crippen molar-refractivity contribution in [1.29, 1.82) is 0 Å². The molecule has 0 radical (unpaired) electrons. The number of benzene rings is 1. The summed E-state index contributed by atoms with van der Waals surface area (Å²) in [6.07, 6.45) is -1.36. The highest BCUT2D eigenvalue weighted by atomic mass is 32.2. The standard InChI is InChI=1S/C10H8F4O3S/c11-6-2-4-8(18(16,17)10(12,13)14)9-5(6)1-3-7(9)15/h2,4,7,15H,1,3H2. The van der Waals surface area contributed by atoms with E-state index in [2.05, 4.69) is 0 Å². The van der Waals surface area contributed by atoms with E-state index >= 15 is 0 Å². The molecule has 0 aromatic heterocycles. The number of halogens is 4. The monoisotopic (exact) mass is 284 g/mol. The fraction of sp³-hybridized carbons (Fsp3) is 0.400. The first-order valence-corrected chi connectivity index (χ1v) is 6.45. The lowest BCUT2D eigenvalue weighted by molar-refractivity contribution is -0.0437. The molecule has 0 heterocycles. The molecule has 0 saturated carbocycles. The number of fused-ring (bicyclic) bond motifs is 1. The first-order valence-electron chi connectivity index (χ1n) is 4.97. The van der Waals surface area contributed by atoms with Crippen LogP contribution >= 0.6 is 0 Å². The minimum Gasteiger partial charge on any atom is -0.388 e. The lowest BCUT2D eigenvalue weighted by Gasteiger charge is -2.14. The zero-order valence-electron chi connectivity index (χ0n) is 8.83. The molecule has 2 rings (SSSR count). The fourth-order valence-electron chi connectivity index (χ4n) is 2.02. The van der Waals surface area contributed by atoms with E-state index < -0.39 is 37.7 Å². The number of aliphatic hydroxyl groups excluding tert-OH is 1. The Balaban J connectivity index is 2.73. The number of hydrogen-bond acceptors (Lipinski definition) is 3. The van der Waals surface area contributed by atoms with Gasteiger partial charge in [0.1, 0.15) is 5.82 Å². The smallest absolute Gasteiger partial charge is 0.388 e. The summed E-state index contributed by atoms with van der Waals surface area (Å²) in [5.74, 6) is -0.803. The van der Waals surface area contributed by atoms with Gasteiger partial charge in [0.15, 0.2) is 0 Å². The lowest BCUT2D eigenvalue weighted by Crippen LogP contribution is -2.25. The number of hydrogen-bond donors (Lipinski definition) is 1. The Morgan fingerprint density at radius 3 is 2.44 bits per heavy atom. The molecular formula is C10H8F4O3S. The molecule has 1 aromatic carbocycles. The Hall–Kier alpha value is -1.15. The van der Waals surface area contributed by atoms with Gasteiger partial charge in [-0.05, 0) is 30.5 Å². The van der Waals surface area contributed by atoms with E-state index in [1.165, 1.54) is 0 Å². The number of sulfone groups is 1. The number of alkyl halides is 3. The quantitative estimate of drug-likeness (QED) is 0.634. The van der Waals surface area contributed by atoms with Crippen LogP contribution in [0.2, 0.25) is 0 Å². The molecule has 3 nitrogen and oxygen atoms in total. The molecule has 1 unspecified atom stereocenters. The molecule has 0 aliphatic heterocycles. The SMILES string of the molecule is O=S(=O)(c1ccc(F)c2c1C(O)CC2)C(F)(F)F. The summed E-state index contributed by atoms with van der Waals surface area (Å²) in [5, 5.41) is 9.52. The molecule has 8 heteroatoms. The van der Waals surface area contributed by atoms with E-state index in [4.69, 9.17) is 0 Å². The van der Waals surface area contributed by atoms with Gasteiger partial charge in [-0.25, -0.2) is 12.8 Å². The predicted octanol–water partition coefficient (Wildman–Crippen LogP) is 2.10. The molecular weight excluding hydrogens is 276 g/mol. The third kappa shape index (κ3) is 1.79. The average molecular weight is 284 g/mol. The van der Waals surface area contributed by atoms with Crippen LogP contribution in [0.3, 0.4) is 0 Å². The van der Waals surface area contributed by atoms with Gasteiger partial charge in [-0.3, -0.25) is 0 Å². The van der Waals surface area contributed by atoms with Crippen molar-refractivity contribution in [2.45, 2.75) is 29.3 Å². The van der Waals surface area contributed by atoms with Crippen LogP contribution in [0, 0.1) is 5.82 Å². The molecule has 0 fully saturated rings.